The van der Waals surface area contributed by atoms with E-state index in [1.165, 1.54) is 32.0 Å². The molecule has 2 N–H and O–H groups in total. The molecule has 1 aliphatic rings. The van der Waals surface area contributed by atoms with Gasteiger partial charge in [0.15, 0.2) is 11.2 Å². The third kappa shape index (κ3) is 3.76. The maximum Gasteiger partial charge on any atom is 0.276 e. The van der Waals surface area contributed by atoms with Gasteiger partial charge in [0, 0.05) is 12.1 Å². The number of pyridine rings is 1. The van der Waals surface area contributed by atoms with Gasteiger partial charge in [-0.25, -0.2) is 9.97 Å². The van der Waals surface area contributed by atoms with Gasteiger partial charge < -0.3 is 14.7 Å². The lowest BCUT2D eigenvalue weighted by Crippen LogP contribution is -2.23. The van der Waals surface area contributed by atoms with Gasteiger partial charge in [0.1, 0.15) is 17.7 Å². The van der Waals surface area contributed by atoms with Crippen LogP contribution in [0.4, 0.5) is 0 Å². The number of aryl methyl sites for hydroxylation is 1. The zero-order valence-corrected chi connectivity index (χ0v) is 14.9. The number of imidazole rings is 1. The highest BCUT2D eigenvalue weighted by atomic mass is 16.5. The van der Waals surface area contributed by atoms with E-state index in [1.54, 1.807) is 6.20 Å². The van der Waals surface area contributed by atoms with Crippen LogP contribution < -0.4 is 10.3 Å². The van der Waals surface area contributed by atoms with Crippen molar-refractivity contribution in [2.45, 2.75) is 51.6 Å². The fraction of sp³-hybridized carbons (Fsp3) is 0.474. The average Bonchev–Trinajstić information content (AvgIpc) is 3.27. The molecule has 0 spiro atoms. The number of aromatic amines is 2. The number of rotatable bonds is 6. The molecule has 0 radical (unpaired) electrons. The highest BCUT2D eigenvalue weighted by molar-refractivity contribution is 5.68. The molecule has 1 unspecified atom stereocenters. The first-order chi connectivity index (χ1) is 12.7. The molecule has 0 aromatic carbocycles. The summed E-state index contributed by atoms with van der Waals surface area (Å²) < 4.78 is 6.23. The van der Waals surface area contributed by atoms with Crippen LogP contribution in [0.3, 0.4) is 0 Å². The molecule has 7 heteroatoms. The summed E-state index contributed by atoms with van der Waals surface area (Å²) in [6, 6.07) is 3.90. The van der Waals surface area contributed by atoms with Crippen LogP contribution in [-0.2, 0) is 6.42 Å². The van der Waals surface area contributed by atoms with E-state index in [4.69, 9.17) is 4.74 Å². The average molecular weight is 353 g/mol. The molecule has 136 valence electrons. The van der Waals surface area contributed by atoms with E-state index in [9.17, 15) is 4.79 Å². The molecule has 3 heterocycles. The highest BCUT2D eigenvalue weighted by Gasteiger charge is 2.23. The molecule has 0 aliphatic heterocycles. The van der Waals surface area contributed by atoms with E-state index in [1.807, 2.05) is 19.1 Å². The van der Waals surface area contributed by atoms with E-state index in [0.717, 1.165) is 23.7 Å². The normalized spacial score (nSPS) is 16.2. The molecule has 0 saturated heterocycles. The topological polar surface area (TPSA) is 96.5 Å². The summed E-state index contributed by atoms with van der Waals surface area (Å²) >= 11 is 0. The van der Waals surface area contributed by atoms with Gasteiger partial charge in [-0.3, -0.25) is 9.78 Å². The molecule has 3 aromatic rings. The van der Waals surface area contributed by atoms with Crippen LogP contribution in [0.15, 0.2) is 29.5 Å². The molecule has 1 aliphatic carbocycles. The maximum absolute atomic E-state index is 11.9. The van der Waals surface area contributed by atoms with E-state index in [2.05, 4.69) is 24.9 Å². The fourth-order valence-corrected chi connectivity index (χ4v) is 3.71. The Morgan fingerprint density at radius 3 is 2.85 bits per heavy atom. The first-order valence-corrected chi connectivity index (χ1v) is 9.19. The van der Waals surface area contributed by atoms with Crippen molar-refractivity contribution in [3.8, 4) is 5.75 Å². The minimum atomic E-state index is -0.204. The van der Waals surface area contributed by atoms with E-state index < -0.39 is 0 Å². The SMILES string of the molecule is Cc1ccc(OC(Cc2nc3nc[nH]c(=O)c3[nH]2)CC2CCCC2)cn1. The summed E-state index contributed by atoms with van der Waals surface area (Å²) in [7, 11) is 0. The molecule has 7 nitrogen and oxygen atoms in total. The Bertz CT molecular complexity index is 925. The third-order valence-corrected chi connectivity index (χ3v) is 5.02. The Labute approximate surface area is 151 Å². The summed E-state index contributed by atoms with van der Waals surface area (Å²) in [6.45, 7) is 1.96. The number of ether oxygens (including phenoxy) is 1. The van der Waals surface area contributed by atoms with Crippen LogP contribution in [0.2, 0.25) is 0 Å². The van der Waals surface area contributed by atoms with Gasteiger partial charge in [0.2, 0.25) is 0 Å². The van der Waals surface area contributed by atoms with Crippen molar-refractivity contribution in [1.82, 2.24) is 24.9 Å². The second kappa shape index (κ2) is 7.27. The summed E-state index contributed by atoms with van der Waals surface area (Å²) in [4.78, 5) is 30.4. The number of hydrogen-bond donors (Lipinski definition) is 2. The van der Waals surface area contributed by atoms with Crippen LogP contribution in [0.1, 0.15) is 43.6 Å². The Morgan fingerprint density at radius 1 is 1.27 bits per heavy atom. The van der Waals surface area contributed by atoms with Crippen LogP contribution >= 0.6 is 0 Å². The largest absolute Gasteiger partial charge is 0.488 e. The van der Waals surface area contributed by atoms with Crippen molar-refractivity contribution in [1.29, 1.82) is 0 Å². The smallest absolute Gasteiger partial charge is 0.276 e. The molecule has 26 heavy (non-hydrogen) atoms. The number of nitrogens with zero attached hydrogens (tertiary/aromatic N) is 3. The van der Waals surface area contributed by atoms with Crippen molar-refractivity contribution < 1.29 is 4.74 Å². The zero-order chi connectivity index (χ0) is 17.9. The third-order valence-electron chi connectivity index (χ3n) is 5.02. The lowest BCUT2D eigenvalue weighted by atomic mass is 9.98. The van der Waals surface area contributed by atoms with Crippen LogP contribution in [0.5, 0.6) is 5.75 Å². The predicted molar refractivity (Wildman–Crippen MR) is 98.2 cm³/mol. The second-order valence-electron chi connectivity index (χ2n) is 7.08. The molecule has 0 bridgehead atoms. The number of nitrogens with one attached hydrogen (secondary N) is 2. The quantitative estimate of drug-likeness (QED) is 0.710. The molecule has 1 saturated carbocycles. The number of fused-ring (bicyclic) bond motifs is 1. The van der Waals surface area contributed by atoms with Crippen molar-refractivity contribution in [3.63, 3.8) is 0 Å². The van der Waals surface area contributed by atoms with Gasteiger partial charge >= 0.3 is 0 Å². The molecule has 1 fully saturated rings. The summed E-state index contributed by atoms with van der Waals surface area (Å²) in [5.74, 6) is 2.18. The van der Waals surface area contributed by atoms with Gasteiger partial charge in [-0.05, 0) is 31.4 Å². The van der Waals surface area contributed by atoms with Gasteiger partial charge in [-0.2, -0.15) is 0 Å². The lowest BCUT2D eigenvalue weighted by molar-refractivity contribution is 0.165. The molecular formula is C19H23N5O2. The maximum atomic E-state index is 11.9. The van der Waals surface area contributed by atoms with Crippen LogP contribution in [0, 0.1) is 12.8 Å². The number of aromatic nitrogens is 5. The Balaban J connectivity index is 1.55. The van der Waals surface area contributed by atoms with Crippen molar-refractivity contribution in [3.05, 3.63) is 46.5 Å². The van der Waals surface area contributed by atoms with Crippen molar-refractivity contribution in [2.75, 3.05) is 0 Å². The van der Waals surface area contributed by atoms with E-state index in [-0.39, 0.29) is 11.7 Å². The standard InChI is InChI=1S/C19H23N5O2/c1-12-6-7-14(10-20-12)26-15(8-13-4-2-3-5-13)9-16-23-17-18(24-16)21-11-22-19(17)25/h6-7,10-11,13,15H,2-5,8-9H2,1H3,(H2,21,22,23,24,25). The number of hydrogen-bond acceptors (Lipinski definition) is 5. The minimum absolute atomic E-state index is 0.0118. The Kier molecular flexibility index (Phi) is 4.69. The first kappa shape index (κ1) is 16.8. The molecule has 1 atom stereocenters. The Hall–Kier alpha value is -2.70. The van der Waals surface area contributed by atoms with E-state index in [0.29, 0.717) is 23.5 Å². The molecule has 4 rings (SSSR count). The monoisotopic (exact) mass is 353 g/mol. The van der Waals surface area contributed by atoms with Crippen LogP contribution in [0.25, 0.3) is 11.2 Å². The van der Waals surface area contributed by atoms with E-state index >= 15 is 0 Å². The Morgan fingerprint density at radius 2 is 2.12 bits per heavy atom. The number of H-pyrrole nitrogens is 2. The molecule has 3 aromatic heterocycles. The zero-order valence-electron chi connectivity index (χ0n) is 14.9. The minimum Gasteiger partial charge on any atom is -0.488 e. The second-order valence-corrected chi connectivity index (χ2v) is 7.08. The molecule has 0 amide bonds. The fourth-order valence-electron chi connectivity index (χ4n) is 3.71. The highest BCUT2D eigenvalue weighted by Crippen LogP contribution is 2.30. The van der Waals surface area contributed by atoms with Crippen molar-refractivity contribution >= 4 is 11.2 Å². The summed E-state index contributed by atoms with van der Waals surface area (Å²) in [6.07, 6.45) is 9.83. The van der Waals surface area contributed by atoms with Gasteiger partial charge in [0.25, 0.3) is 5.56 Å². The van der Waals surface area contributed by atoms with Gasteiger partial charge in [-0.1, -0.05) is 25.7 Å². The van der Waals surface area contributed by atoms with Gasteiger partial charge in [-0.15, -0.1) is 0 Å². The summed E-state index contributed by atoms with van der Waals surface area (Å²) in [5, 5.41) is 0. The first-order valence-electron chi connectivity index (χ1n) is 9.19. The summed E-state index contributed by atoms with van der Waals surface area (Å²) in [5.41, 5.74) is 1.62. The van der Waals surface area contributed by atoms with Crippen molar-refractivity contribution in [2.24, 2.45) is 5.92 Å². The predicted octanol–water partition coefficient (Wildman–Crippen LogP) is 2.92. The molecular weight excluding hydrogens is 330 g/mol. The van der Waals surface area contributed by atoms with Crippen LogP contribution in [-0.4, -0.2) is 31.0 Å². The van der Waals surface area contributed by atoms with Gasteiger partial charge in [0.05, 0.1) is 12.5 Å². The lowest BCUT2D eigenvalue weighted by Gasteiger charge is -2.21.